The van der Waals surface area contributed by atoms with Gasteiger partial charge in [-0.05, 0) is 31.4 Å². The summed E-state index contributed by atoms with van der Waals surface area (Å²) in [6.45, 7) is 1.87. The van der Waals surface area contributed by atoms with E-state index in [-0.39, 0.29) is 22.8 Å². The van der Waals surface area contributed by atoms with Gasteiger partial charge in [0.05, 0.1) is 17.1 Å². The van der Waals surface area contributed by atoms with Crippen molar-refractivity contribution in [1.29, 1.82) is 0 Å². The van der Waals surface area contributed by atoms with E-state index >= 15 is 0 Å². The van der Waals surface area contributed by atoms with Crippen molar-refractivity contribution in [3.8, 4) is 0 Å². The maximum absolute atomic E-state index is 10.7. The van der Waals surface area contributed by atoms with Crippen LogP contribution in [0, 0.1) is 17.0 Å². The first kappa shape index (κ1) is 13.8. The smallest absolute Gasteiger partial charge is 0.269 e. The standard InChI is InChI=1S/C14H20N2O3/c1-10-9-11(16(18)19)7-8-12(10)15(2)13-5-3-4-6-14(13)17/h7-9,13-14,17H,3-6H2,1-2H3. The molecule has 0 spiro atoms. The van der Waals surface area contributed by atoms with Gasteiger partial charge in [-0.3, -0.25) is 10.1 Å². The zero-order valence-corrected chi connectivity index (χ0v) is 11.4. The Balaban J connectivity index is 2.23. The molecule has 104 valence electrons. The van der Waals surface area contributed by atoms with Crippen molar-refractivity contribution >= 4 is 11.4 Å². The van der Waals surface area contributed by atoms with E-state index in [9.17, 15) is 15.2 Å². The molecular formula is C14H20N2O3. The van der Waals surface area contributed by atoms with Gasteiger partial charge in [0.25, 0.3) is 5.69 Å². The lowest BCUT2D eigenvalue weighted by atomic mass is 9.91. The Hall–Kier alpha value is -1.62. The number of nitro groups is 1. The summed E-state index contributed by atoms with van der Waals surface area (Å²) in [7, 11) is 1.95. The number of nitro benzene ring substituents is 1. The summed E-state index contributed by atoms with van der Waals surface area (Å²) in [6, 6.07) is 4.98. The van der Waals surface area contributed by atoms with Crippen molar-refractivity contribution < 1.29 is 10.0 Å². The Morgan fingerprint density at radius 1 is 1.37 bits per heavy atom. The fourth-order valence-electron chi connectivity index (χ4n) is 2.87. The minimum Gasteiger partial charge on any atom is -0.391 e. The molecule has 0 aliphatic heterocycles. The van der Waals surface area contributed by atoms with Crippen LogP contribution in [0.3, 0.4) is 0 Å². The highest BCUT2D eigenvalue weighted by Gasteiger charge is 2.27. The number of aryl methyl sites for hydroxylation is 1. The topological polar surface area (TPSA) is 66.6 Å². The van der Waals surface area contributed by atoms with E-state index in [2.05, 4.69) is 4.90 Å². The van der Waals surface area contributed by atoms with E-state index in [0.717, 1.165) is 36.9 Å². The average molecular weight is 264 g/mol. The van der Waals surface area contributed by atoms with E-state index < -0.39 is 0 Å². The molecule has 1 aliphatic rings. The first-order valence-corrected chi connectivity index (χ1v) is 6.66. The number of aliphatic hydroxyl groups excluding tert-OH is 1. The number of hydrogen-bond acceptors (Lipinski definition) is 4. The molecule has 1 aliphatic carbocycles. The molecule has 0 amide bonds. The van der Waals surface area contributed by atoms with Crippen LogP contribution < -0.4 is 4.90 Å². The molecule has 1 saturated carbocycles. The molecule has 5 nitrogen and oxygen atoms in total. The molecule has 19 heavy (non-hydrogen) atoms. The number of non-ortho nitro benzene ring substituents is 1. The summed E-state index contributed by atoms with van der Waals surface area (Å²) < 4.78 is 0. The van der Waals surface area contributed by atoms with Crippen LogP contribution in [0.15, 0.2) is 18.2 Å². The Morgan fingerprint density at radius 3 is 2.63 bits per heavy atom. The van der Waals surface area contributed by atoms with Gasteiger partial charge in [-0.2, -0.15) is 0 Å². The summed E-state index contributed by atoms with van der Waals surface area (Å²) in [6.07, 6.45) is 3.69. The molecule has 0 saturated heterocycles. The number of anilines is 1. The third-order valence-corrected chi connectivity index (χ3v) is 3.96. The molecule has 1 aromatic carbocycles. The monoisotopic (exact) mass is 264 g/mol. The summed E-state index contributed by atoms with van der Waals surface area (Å²) in [5.41, 5.74) is 1.94. The fraction of sp³-hybridized carbons (Fsp3) is 0.571. The molecule has 0 bridgehead atoms. The molecule has 2 unspecified atom stereocenters. The van der Waals surface area contributed by atoms with Crippen LogP contribution in [0.2, 0.25) is 0 Å². The second-order valence-electron chi connectivity index (χ2n) is 5.26. The zero-order valence-electron chi connectivity index (χ0n) is 11.4. The maximum atomic E-state index is 10.7. The summed E-state index contributed by atoms with van der Waals surface area (Å²) in [4.78, 5) is 12.4. The van der Waals surface area contributed by atoms with Gasteiger partial charge < -0.3 is 10.0 Å². The van der Waals surface area contributed by atoms with E-state index in [1.807, 2.05) is 14.0 Å². The molecule has 1 N–H and O–H groups in total. The van der Waals surface area contributed by atoms with Crippen LogP contribution in [0.25, 0.3) is 0 Å². The van der Waals surface area contributed by atoms with Gasteiger partial charge in [0.1, 0.15) is 0 Å². The summed E-state index contributed by atoms with van der Waals surface area (Å²) >= 11 is 0. The average Bonchev–Trinajstić information content (AvgIpc) is 2.38. The van der Waals surface area contributed by atoms with Gasteiger partial charge in [0, 0.05) is 24.9 Å². The van der Waals surface area contributed by atoms with Crippen molar-refractivity contribution in [3.05, 3.63) is 33.9 Å². The van der Waals surface area contributed by atoms with Crippen molar-refractivity contribution in [2.24, 2.45) is 0 Å². The van der Waals surface area contributed by atoms with Crippen molar-refractivity contribution in [2.75, 3.05) is 11.9 Å². The highest BCUT2D eigenvalue weighted by atomic mass is 16.6. The van der Waals surface area contributed by atoms with E-state index in [1.54, 1.807) is 12.1 Å². The second kappa shape index (κ2) is 5.57. The molecule has 5 heteroatoms. The lowest BCUT2D eigenvalue weighted by Crippen LogP contribution is -2.43. The number of benzene rings is 1. The highest BCUT2D eigenvalue weighted by molar-refractivity contribution is 5.57. The molecule has 0 radical (unpaired) electrons. The molecule has 2 rings (SSSR count). The van der Waals surface area contributed by atoms with Crippen LogP contribution >= 0.6 is 0 Å². The van der Waals surface area contributed by atoms with Crippen LogP contribution in [0.1, 0.15) is 31.2 Å². The summed E-state index contributed by atoms with van der Waals surface area (Å²) in [5, 5.41) is 20.8. The Kier molecular flexibility index (Phi) is 4.04. The van der Waals surface area contributed by atoms with Crippen LogP contribution in [-0.2, 0) is 0 Å². The first-order chi connectivity index (χ1) is 9.00. The molecular weight excluding hydrogens is 244 g/mol. The minimum atomic E-state index is -0.383. The predicted molar refractivity (Wildman–Crippen MR) is 74.5 cm³/mol. The third-order valence-electron chi connectivity index (χ3n) is 3.96. The largest absolute Gasteiger partial charge is 0.391 e. The summed E-state index contributed by atoms with van der Waals surface area (Å²) in [5.74, 6) is 0. The van der Waals surface area contributed by atoms with E-state index in [0.29, 0.717) is 0 Å². The van der Waals surface area contributed by atoms with Gasteiger partial charge in [-0.1, -0.05) is 12.8 Å². The highest BCUT2D eigenvalue weighted by Crippen LogP contribution is 2.30. The molecule has 2 atom stereocenters. The van der Waals surface area contributed by atoms with Gasteiger partial charge in [0.15, 0.2) is 0 Å². The van der Waals surface area contributed by atoms with Gasteiger partial charge >= 0.3 is 0 Å². The lowest BCUT2D eigenvalue weighted by molar-refractivity contribution is -0.384. The Labute approximate surface area is 113 Å². The minimum absolute atomic E-state index is 0.105. The van der Waals surface area contributed by atoms with Crippen molar-refractivity contribution in [1.82, 2.24) is 0 Å². The van der Waals surface area contributed by atoms with Gasteiger partial charge in [-0.25, -0.2) is 0 Å². The quantitative estimate of drug-likeness (QED) is 0.673. The van der Waals surface area contributed by atoms with Gasteiger partial charge in [-0.15, -0.1) is 0 Å². The van der Waals surface area contributed by atoms with Gasteiger partial charge in [0.2, 0.25) is 0 Å². The van der Waals surface area contributed by atoms with E-state index in [1.165, 1.54) is 6.07 Å². The normalized spacial score (nSPS) is 23.1. The molecule has 1 fully saturated rings. The van der Waals surface area contributed by atoms with E-state index in [4.69, 9.17) is 0 Å². The number of rotatable bonds is 3. The second-order valence-corrected chi connectivity index (χ2v) is 5.26. The molecule has 0 heterocycles. The van der Waals surface area contributed by atoms with Crippen molar-refractivity contribution in [3.63, 3.8) is 0 Å². The van der Waals surface area contributed by atoms with Crippen LogP contribution in [0.4, 0.5) is 11.4 Å². The van der Waals surface area contributed by atoms with Crippen molar-refractivity contribution in [2.45, 2.75) is 44.8 Å². The number of likely N-dealkylation sites (N-methyl/N-ethyl adjacent to an activating group) is 1. The Bertz CT molecular complexity index is 476. The third kappa shape index (κ3) is 2.87. The fourth-order valence-corrected chi connectivity index (χ4v) is 2.87. The number of nitrogens with zero attached hydrogens (tertiary/aromatic N) is 2. The molecule has 0 aromatic heterocycles. The Morgan fingerprint density at radius 2 is 2.05 bits per heavy atom. The maximum Gasteiger partial charge on any atom is 0.269 e. The SMILES string of the molecule is Cc1cc([N+](=O)[O-])ccc1N(C)C1CCCCC1O. The number of aliphatic hydroxyl groups is 1. The predicted octanol–water partition coefficient (Wildman–Crippen LogP) is 2.64. The van der Waals surface area contributed by atoms with Crippen LogP contribution in [0.5, 0.6) is 0 Å². The first-order valence-electron chi connectivity index (χ1n) is 6.66. The zero-order chi connectivity index (χ0) is 14.0. The lowest BCUT2D eigenvalue weighted by Gasteiger charge is -2.37. The number of hydrogen-bond donors (Lipinski definition) is 1. The van der Waals surface area contributed by atoms with Crippen LogP contribution in [-0.4, -0.2) is 29.2 Å². The molecule has 1 aromatic rings.